The number of nitro benzene ring substituents is 1. The summed E-state index contributed by atoms with van der Waals surface area (Å²) in [4.78, 5) is 22.0. The molecule has 1 amide bonds. The highest BCUT2D eigenvalue weighted by Gasteiger charge is 2.14. The minimum Gasteiger partial charge on any atom is -0.393 e. The van der Waals surface area contributed by atoms with Crippen molar-refractivity contribution < 1.29 is 9.72 Å². The molecule has 0 saturated carbocycles. The van der Waals surface area contributed by atoms with Gasteiger partial charge in [-0.1, -0.05) is 12.8 Å². The highest BCUT2D eigenvalue weighted by Crippen LogP contribution is 2.21. The summed E-state index contributed by atoms with van der Waals surface area (Å²) in [6, 6.07) is 4.01. The Hall–Kier alpha value is -1.76. The molecule has 6 nitrogen and oxygen atoms in total. The van der Waals surface area contributed by atoms with Crippen LogP contribution in [0.15, 0.2) is 18.2 Å². The molecule has 0 aliphatic heterocycles. The minimum atomic E-state index is -0.564. The molecular formula is C14H21N3O3S. The van der Waals surface area contributed by atoms with Crippen molar-refractivity contribution in [2.75, 3.05) is 24.3 Å². The van der Waals surface area contributed by atoms with E-state index in [0.29, 0.717) is 12.1 Å². The van der Waals surface area contributed by atoms with E-state index in [0.717, 1.165) is 12.8 Å². The van der Waals surface area contributed by atoms with E-state index in [-0.39, 0.29) is 17.3 Å². The highest BCUT2D eigenvalue weighted by atomic mass is 32.2. The molecule has 1 aromatic carbocycles. The fourth-order valence-electron chi connectivity index (χ4n) is 1.89. The molecule has 0 heterocycles. The SMILES string of the molecule is CSCCCCCCNC(=O)c1ccc([N+](=O)[O-])c(N)c1. The Morgan fingerprint density at radius 2 is 2.05 bits per heavy atom. The van der Waals surface area contributed by atoms with E-state index in [2.05, 4.69) is 11.6 Å². The Morgan fingerprint density at radius 1 is 1.33 bits per heavy atom. The maximum absolute atomic E-state index is 11.9. The molecule has 0 radical (unpaired) electrons. The monoisotopic (exact) mass is 311 g/mol. The van der Waals surface area contributed by atoms with Gasteiger partial charge >= 0.3 is 0 Å². The van der Waals surface area contributed by atoms with Crippen LogP contribution < -0.4 is 11.1 Å². The van der Waals surface area contributed by atoms with Crippen molar-refractivity contribution in [3.8, 4) is 0 Å². The molecule has 3 N–H and O–H groups in total. The van der Waals surface area contributed by atoms with E-state index in [1.54, 1.807) is 0 Å². The van der Waals surface area contributed by atoms with E-state index < -0.39 is 4.92 Å². The number of thioether (sulfide) groups is 1. The third-order valence-corrected chi connectivity index (χ3v) is 3.74. The Bertz CT molecular complexity index is 494. The molecule has 0 unspecified atom stereocenters. The van der Waals surface area contributed by atoms with Crippen molar-refractivity contribution in [3.05, 3.63) is 33.9 Å². The number of carbonyl (C=O) groups is 1. The molecule has 1 aromatic rings. The summed E-state index contributed by atoms with van der Waals surface area (Å²) in [5.74, 6) is 0.926. The van der Waals surface area contributed by atoms with Crippen LogP contribution in [-0.2, 0) is 0 Å². The number of nitrogen functional groups attached to an aromatic ring is 1. The first-order chi connectivity index (χ1) is 10.1. The van der Waals surface area contributed by atoms with E-state index in [9.17, 15) is 14.9 Å². The number of nitro groups is 1. The number of hydrogen-bond acceptors (Lipinski definition) is 5. The van der Waals surface area contributed by atoms with Crippen LogP contribution in [0.1, 0.15) is 36.0 Å². The summed E-state index contributed by atoms with van der Waals surface area (Å²) in [6.45, 7) is 0.606. The van der Waals surface area contributed by atoms with Crippen LogP contribution in [0.2, 0.25) is 0 Å². The molecule has 0 aromatic heterocycles. The number of nitrogens with zero attached hydrogens (tertiary/aromatic N) is 1. The second-order valence-electron chi connectivity index (χ2n) is 4.69. The third kappa shape index (κ3) is 6.03. The van der Waals surface area contributed by atoms with Crippen molar-refractivity contribution in [1.82, 2.24) is 5.32 Å². The van der Waals surface area contributed by atoms with Crippen LogP contribution in [-0.4, -0.2) is 29.4 Å². The van der Waals surface area contributed by atoms with Crippen molar-refractivity contribution in [1.29, 1.82) is 0 Å². The number of carbonyl (C=O) groups excluding carboxylic acids is 1. The van der Waals surface area contributed by atoms with Gasteiger partial charge in [-0.05, 0) is 37.0 Å². The van der Waals surface area contributed by atoms with Crippen molar-refractivity contribution in [2.45, 2.75) is 25.7 Å². The smallest absolute Gasteiger partial charge is 0.292 e. The molecule has 0 fully saturated rings. The molecule has 7 heteroatoms. The second kappa shape index (κ2) is 9.23. The van der Waals surface area contributed by atoms with Gasteiger partial charge in [0.1, 0.15) is 5.69 Å². The number of nitrogens with one attached hydrogen (secondary N) is 1. The van der Waals surface area contributed by atoms with E-state index >= 15 is 0 Å². The zero-order valence-corrected chi connectivity index (χ0v) is 12.9. The number of benzene rings is 1. The zero-order chi connectivity index (χ0) is 15.7. The summed E-state index contributed by atoms with van der Waals surface area (Å²) < 4.78 is 0. The van der Waals surface area contributed by atoms with Gasteiger partial charge in [-0.15, -0.1) is 0 Å². The van der Waals surface area contributed by atoms with Gasteiger partial charge in [0.05, 0.1) is 4.92 Å². The Morgan fingerprint density at radius 3 is 2.67 bits per heavy atom. The number of nitrogens with two attached hydrogens (primary N) is 1. The van der Waals surface area contributed by atoms with Crippen molar-refractivity contribution in [3.63, 3.8) is 0 Å². The summed E-state index contributed by atoms with van der Waals surface area (Å²) >= 11 is 1.84. The first-order valence-corrected chi connectivity index (χ1v) is 8.26. The molecule has 0 bridgehead atoms. The van der Waals surface area contributed by atoms with Gasteiger partial charge < -0.3 is 11.1 Å². The number of rotatable bonds is 9. The highest BCUT2D eigenvalue weighted by molar-refractivity contribution is 7.98. The second-order valence-corrected chi connectivity index (χ2v) is 5.68. The molecule has 1 rings (SSSR count). The lowest BCUT2D eigenvalue weighted by Crippen LogP contribution is -2.24. The van der Waals surface area contributed by atoms with Gasteiger partial charge in [0, 0.05) is 18.2 Å². The van der Waals surface area contributed by atoms with Gasteiger partial charge in [0.2, 0.25) is 0 Å². The average molecular weight is 311 g/mol. The maximum Gasteiger partial charge on any atom is 0.292 e. The van der Waals surface area contributed by atoms with Gasteiger partial charge in [-0.2, -0.15) is 11.8 Å². The van der Waals surface area contributed by atoms with E-state index in [1.165, 1.54) is 36.8 Å². The third-order valence-electron chi connectivity index (χ3n) is 3.05. The summed E-state index contributed by atoms with van der Waals surface area (Å²) in [5, 5.41) is 13.4. The molecule has 116 valence electrons. The number of hydrogen-bond donors (Lipinski definition) is 2. The lowest BCUT2D eigenvalue weighted by Gasteiger charge is -2.06. The summed E-state index contributed by atoms with van der Waals surface area (Å²) in [5.41, 5.74) is 5.73. The Kier molecular flexibility index (Phi) is 7.60. The molecule has 0 aliphatic carbocycles. The summed E-state index contributed by atoms with van der Waals surface area (Å²) in [6.07, 6.45) is 6.48. The van der Waals surface area contributed by atoms with Crippen LogP contribution >= 0.6 is 11.8 Å². The van der Waals surface area contributed by atoms with Crippen LogP contribution in [0.4, 0.5) is 11.4 Å². The van der Waals surface area contributed by atoms with Gasteiger partial charge in [0.25, 0.3) is 11.6 Å². The van der Waals surface area contributed by atoms with Crippen molar-refractivity contribution in [2.24, 2.45) is 0 Å². The normalized spacial score (nSPS) is 10.3. The zero-order valence-electron chi connectivity index (χ0n) is 12.1. The largest absolute Gasteiger partial charge is 0.393 e. The fourth-order valence-corrected chi connectivity index (χ4v) is 2.38. The predicted molar refractivity (Wildman–Crippen MR) is 86.7 cm³/mol. The Labute approximate surface area is 128 Å². The molecular weight excluding hydrogens is 290 g/mol. The molecule has 0 spiro atoms. The number of unbranched alkanes of at least 4 members (excludes halogenated alkanes) is 3. The molecule has 0 aliphatic rings. The van der Waals surface area contributed by atoms with Crippen molar-refractivity contribution >= 4 is 29.0 Å². The fraction of sp³-hybridized carbons (Fsp3) is 0.500. The lowest BCUT2D eigenvalue weighted by atomic mass is 10.1. The number of anilines is 1. The van der Waals surface area contributed by atoms with Crippen LogP contribution in [0.5, 0.6) is 0 Å². The lowest BCUT2D eigenvalue weighted by molar-refractivity contribution is -0.383. The van der Waals surface area contributed by atoms with Gasteiger partial charge in [0.15, 0.2) is 0 Å². The molecule has 0 atom stereocenters. The Balaban J connectivity index is 2.35. The van der Waals surface area contributed by atoms with Crippen LogP contribution in [0.25, 0.3) is 0 Å². The number of amides is 1. The predicted octanol–water partition coefficient (Wildman–Crippen LogP) is 2.83. The summed E-state index contributed by atoms with van der Waals surface area (Å²) in [7, 11) is 0. The first-order valence-electron chi connectivity index (χ1n) is 6.87. The quantitative estimate of drug-likeness (QED) is 0.316. The minimum absolute atomic E-state index is 0.00437. The maximum atomic E-state index is 11.9. The van der Waals surface area contributed by atoms with E-state index in [4.69, 9.17) is 5.73 Å². The van der Waals surface area contributed by atoms with Gasteiger partial charge in [-0.25, -0.2) is 0 Å². The standard InChI is InChI=1S/C14H21N3O3S/c1-21-9-5-3-2-4-8-16-14(18)11-6-7-13(17(19)20)12(15)10-11/h6-7,10H,2-5,8-9,15H2,1H3,(H,16,18). The van der Waals surface area contributed by atoms with E-state index in [1.807, 2.05) is 11.8 Å². The first kappa shape index (κ1) is 17.3. The molecule has 21 heavy (non-hydrogen) atoms. The van der Waals surface area contributed by atoms with Crippen LogP contribution in [0.3, 0.4) is 0 Å². The average Bonchev–Trinajstić information content (AvgIpc) is 2.45. The van der Waals surface area contributed by atoms with Crippen LogP contribution in [0, 0.1) is 10.1 Å². The molecule has 0 saturated heterocycles. The van der Waals surface area contributed by atoms with Gasteiger partial charge in [-0.3, -0.25) is 14.9 Å². The topological polar surface area (TPSA) is 98.3 Å².